The maximum atomic E-state index is 13.0. The Morgan fingerprint density at radius 3 is 2.62 bits per heavy atom. The van der Waals surface area contributed by atoms with Crippen molar-refractivity contribution < 1.29 is 18.0 Å². The Bertz CT molecular complexity index is 912. The van der Waals surface area contributed by atoms with E-state index in [-0.39, 0.29) is 23.1 Å². The van der Waals surface area contributed by atoms with Gasteiger partial charge in [-0.15, -0.1) is 0 Å². The normalized spacial score (nSPS) is 11.9. The van der Waals surface area contributed by atoms with Gasteiger partial charge in [-0.3, -0.25) is 4.79 Å². The second-order valence-corrected chi connectivity index (χ2v) is 5.07. The van der Waals surface area contributed by atoms with Crippen LogP contribution in [-0.4, -0.2) is 35.7 Å². The SMILES string of the molecule is Cn1ncc(CNC(=O)c2cnc3c(c2)c(C(F)(F)F)nn3C)n1. The Labute approximate surface area is 133 Å². The van der Waals surface area contributed by atoms with E-state index in [0.29, 0.717) is 5.69 Å². The number of hydrogen-bond acceptors (Lipinski definition) is 5. The highest BCUT2D eigenvalue weighted by Gasteiger charge is 2.37. The third kappa shape index (κ3) is 2.92. The summed E-state index contributed by atoms with van der Waals surface area (Å²) >= 11 is 0. The van der Waals surface area contributed by atoms with Gasteiger partial charge in [0.15, 0.2) is 11.3 Å². The largest absolute Gasteiger partial charge is 0.435 e. The summed E-state index contributed by atoms with van der Waals surface area (Å²) < 4.78 is 40.1. The number of carbonyl (C=O) groups excluding carboxylic acids is 1. The van der Waals surface area contributed by atoms with Crippen LogP contribution in [0.2, 0.25) is 0 Å². The molecule has 0 spiro atoms. The number of aromatic nitrogens is 6. The number of aryl methyl sites for hydroxylation is 2. The van der Waals surface area contributed by atoms with Crippen LogP contribution in [0.5, 0.6) is 0 Å². The van der Waals surface area contributed by atoms with Gasteiger partial charge in [0.25, 0.3) is 5.91 Å². The lowest BCUT2D eigenvalue weighted by molar-refractivity contribution is -0.140. The standard InChI is InChI=1S/C13H12F3N7O/c1-22-11-9(10(21-22)13(14,15)16)3-7(4-17-11)12(24)18-5-8-6-19-23(2)20-8/h3-4,6H,5H2,1-2H3,(H,18,24). The van der Waals surface area contributed by atoms with E-state index < -0.39 is 17.8 Å². The highest BCUT2D eigenvalue weighted by molar-refractivity contribution is 5.97. The molecule has 0 bridgehead atoms. The van der Waals surface area contributed by atoms with Gasteiger partial charge in [-0.2, -0.15) is 33.3 Å². The second-order valence-electron chi connectivity index (χ2n) is 5.07. The number of nitrogens with zero attached hydrogens (tertiary/aromatic N) is 6. The van der Waals surface area contributed by atoms with Crippen LogP contribution >= 0.6 is 0 Å². The molecular formula is C13H12F3N7O. The average Bonchev–Trinajstić information content (AvgIpc) is 3.08. The fraction of sp³-hybridized carbons (Fsp3) is 0.308. The minimum absolute atomic E-state index is 0.00453. The van der Waals surface area contributed by atoms with Crippen molar-refractivity contribution in [1.82, 2.24) is 35.1 Å². The lowest BCUT2D eigenvalue weighted by Crippen LogP contribution is -2.23. The molecule has 0 unspecified atom stereocenters. The molecule has 0 aliphatic carbocycles. The molecule has 0 saturated heterocycles. The zero-order valence-corrected chi connectivity index (χ0v) is 12.7. The Morgan fingerprint density at radius 1 is 1.25 bits per heavy atom. The molecule has 3 aromatic rings. The van der Waals surface area contributed by atoms with Gasteiger partial charge < -0.3 is 5.32 Å². The van der Waals surface area contributed by atoms with Gasteiger partial charge >= 0.3 is 6.18 Å². The van der Waals surface area contributed by atoms with E-state index in [2.05, 4.69) is 25.6 Å². The molecule has 0 saturated carbocycles. The predicted molar refractivity (Wildman–Crippen MR) is 75.7 cm³/mol. The maximum absolute atomic E-state index is 13.0. The van der Waals surface area contributed by atoms with Crippen molar-refractivity contribution in [2.24, 2.45) is 14.1 Å². The lowest BCUT2D eigenvalue weighted by atomic mass is 10.2. The van der Waals surface area contributed by atoms with Gasteiger partial charge in [-0.1, -0.05) is 0 Å². The minimum Gasteiger partial charge on any atom is -0.346 e. The second kappa shape index (κ2) is 5.58. The van der Waals surface area contributed by atoms with E-state index >= 15 is 0 Å². The monoisotopic (exact) mass is 339 g/mol. The first kappa shape index (κ1) is 15.9. The van der Waals surface area contributed by atoms with Crippen molar-refractivity contribution in [2.45, 2.75) is 12.7 Å². The third-order valence-corrected chi connectivity index (χ3v) is 3.29. The molecule has 24 heavy (non-hydrogen) atoms. The summed E-state index contributed by atoms with van der Waals surface area (Å²) in [5.74, 6) is -0.563. The Morgan fingerprint density at radius 2 is 2.00 bits per heavy atom. The van der Waals surface area contributed by atoms with Crippen LogP contribution in [0.3, 0.4) is 0 Å². The summed E-state index contributed by atoms with van der Waals surface area (Å²) in [5, 5.41) is 13.6. The molecule has 0 radical (unpaired) electrons. The first-order valence-corrected chi connectivity index (χ1v) is 6.79. The molecule has 1 N–H and O–H groups in total. The number of hydrogen-bond donors (Lipinski definition) is 1. The van der Waals surface area contributed by atoms with Crippen LogP contribution < -0.4 is 5.32 Å². The minimum atomic E-state index is -4.63. The first-order chi connectivity index (χ1) is 11.3. The molecule has 3 aromatic heterocycles. The fourth-order valence-corrected chi connectivity index (χ4v) is 2.22. The number of halogens is 3. The molecule has 11 heteroatoms. The molecule has 0 fully saturated rings. The van der Waals surface area contributed by atoms with Crippen molar-refractivity contribution in [3.8, 4) is 0 Å². The van der Waals surface area contributed by atoms with Gasteiger partial charge in [-0.25, -0.2) is 9.67 Å². The smallest absolute Gasteiger partial charge is 0.346 e. The highest BCUT2D eigenvalue weighted by atomic mass is 19.4. The molecule has 0 atom stereocenters. The predicted octanol–water partition coefficient (Wildman–Crippen LogP) is 1.05. The van der Waals surface area contributed by atoms with Crippen LogP contribution in [0, 0.1) is 0 Å². The van der Waals surface area contributed by atoms with Gasteiger partial charge in [0.2, 0.25) is 0 Å². The van der Waals surface area contributed by atoms with Crippen molar-refractivity contribution >= 4 is 16.9 Å². The number of fused-ring (bicyclic) bond motifs is 1. The van der Waals surface area contributed by atoms with Crippen LogP contribution in [0.4, 0.5) is 13.2 Å². The van der Waals surface area contributed by atoms with Gasteiger partial charge in [0.1, 0.15) is 5.69 Å². The van der Waals surface area contributed by atoms with Crippen molar-refractivity contribution in [3.63, 3.8) is 0 Å². The van der Waals surface area contributed by atoms with E-state index in [4.69, 9.17) is 0 Å². The van der Waals surface area contributed by atoms with Crippen LogP contribution in [0.15, 0.2) is 18.5 Å². The zero-order valence-electron chi connectivity index (χ0n) is 12.7. The average molecular weight is 339 g/mol. The number of pyridine rings is 1. The molecule has 0 aliphatic rings. The summed E-state index contributed by atoms with van der Waals surface area (Å²) in [6, 6.07) is 1.13. The van der Waals surface area contributed by atoms with Crippen molar-refractivity contribution in [1.29, 1.82) is 0 Å². The third-order valence-electron chi connectivity index (χ3n) is 3.29. The Hall–Kier alpha value is -2.98. The van der Waals surface area contributed by atoms with Gasteiger partial charge in [-0.05, 0) is 6.07 Å². The summed E-state index contributed by atoms with van der Waals surface area (Å²) in [6.07, 6.45) is -1.95. The summed E-state index contributed by atoms with van der Waals surface area (Å²) in [5.41, 5.74) is -0.494. The molecule has 3 heterocycles. The quantitative estimate of drug-likeness (QED) is 0.770. The molecule has 3 rings (SSSR count). The number of rotatable bonds is 3. The Balaban J connectivity index is 1.88. The number of carbonyl (C=O) groups is 1. The van der Waals surface area contributed by atoms with Crippen molar-refractivity contribution in [2.75, 3.05) is 0 Å². The molecule has 126 valence electrons. The summed E-state index contributed by atoms with van der Waals surface area (Å²) in [7, 11) is 2.99. The van der Waals surface area contributed by atoms with Crippen LogP contribution in [-0.2, 0) is 26.8 Å². The van der Waals surface area contributed by atoms with E-state index in [0.717, 1.165) is 10.7 Å². The van der Waals surface area contributed by atoms with E-state index in [1.807, 2.05) is 0 Å². The maximum Gasteiger partial charge on any atom is 0.435 e. The topological polar surface area (TPSA) is 90.5 Å². The van der Waals surface area contributed by atoms with Crippen LogP contribution in [0.1, 0.15) is 21.7 Å². The lowest BCUT2D eigenvalue weighted by Gasteiger charge is -2.05. The van der Waals surface area contributed by atoms with E-state index in [1.54, 1.807) is 7.05 Å². The van der Waals surface area contributed by atoms with E-state index in [1.165, 1.54) is 24.2 Å². The van der Waals surface area contributed by atoms with Gasteiger partial charge in [0, 0.05) is 20.3 Å². The summed E-state index contributed by atoms with van der Waals surface area (Å²) in [4.78, 5) is 17.4. The molecule has 8 nitrogen and oxygen atoms in total. The number of amides is 1. The fourth-order valence-electron chi connectivity index (χ4n) is 2.22. The highest BCUT2D eigenvalue weighted by Crippen LogP contribution is 2.33. The van der Waals surface area contributed by atoms with Gasteiger partial charge in [0.05, 0.1) is 23.7 Å². The van der Waals surface area contributed by atoms with Crippen molar-refractivity contribution in [3.05, 3.63) is 35.4 Å². The Kier molecular flexibility index (Phi) is 3.70. The first-order valence-electron chi connectivity index (χ1n) is 6.79. The van der Waals surface area contributed by atoms with Crippen LogP contribution in [0.25, 0.3) is 11.0 Å². The zero-order chi connectivity index (χ0) is 17.5. The summed E-state index contributed by atoms with van der Waals surface area (Å²) in [6.45, 7) is 0.101. The molecule has 0 aliphatic heterocycles. The van der Waals surface area contributed by atoms with E-state index in [9.17, 15) is 18.0 Å². The molecule has 0 aromatic carbocycles. The number of nitrogens with one attached hydrogen (secondary N) is 1. The molecular weight excluding hydrogens is 327 g/mol. The molecule has 1 amide bonds. The number of alkyl halides is 3.